The van der Waals surface area contributed by atoms with Crippen molar-refractivity contribution >= 4 is 22.6 Å². The number of carbonyl (C=O) groups excluding carboxylic acids is 1. The van der Waals surface area contributed by atoms with Crippen LogP contribution in [0.5, 0.6) is 0 Å². The van der Waals surface area contributed by atoms with E-state index in [0.29, 0.717) is 11.0 Å². The minimum absolute atomic E-state index is 0.118. The van der Waals surface area contributed by atoms with E-state index in [1.807, 2.05) is 0 Å². The highest BCUT2D eigenvalue weighted by molar-refractivity contribution is 7.09. The van der Waals surface area contributed by atoms with Crippen LogP contribution in [0, 0.1) is 6.92 Å². The normalized spacial score (nSPS) is 10.1. The van der Waals surface area contributed by atoms with E-state index in [4.69, 9.17) is 0 Å². The first-order chi connectivity index (χ1) is 7.65. The van der Waals surface area contributed by atoms with Crippen molar-refractivity contribution in [3.63, 3.8) is 0 Å². The monoisotopic (exact) mass is 237 g/mol. The van der Waals surface area contributed by atoms with Crippen LogP contribution in [0.2, 0.25) is 0 Å². The van der Waals surface area contributed by atoms with Gasteiger partial charge in [0.15, 0.2) is 0 Å². The number of aryl methyl sites for hydroxylation is 1. The molecule has 16 heavy (non-hydrogen) atoms. The summed E-state index contributed by atoms with van der Waals surface area (Å²) in [5.41, 5.74) is -0.240. The molecular formula is C8H7N5O2S. The fourth-order valence-corrected chi connectivity index (χ4v) is 1.55. The standard InChI is InChI=1S/C8H7N5O2S/c1-4-9-8(16-13-4)10-7(15)5-2-3-6(14)12-11-5/h2-3H,1H3,(H,12,14)(H,9,10,13,15). The molecule has 0 saturated carbocycles. The summed E-state index contributed by atoms with van der Waals surface area (Å²) in [7, 11) is 0. The molecule has 2 rings (SSSR count). The Morgan fingerprint density at radius 2 is 2.31 bits per heavy atom. The van der Waals surface area contributed by atoms with Gasteiger partial charge >= 0.3 is 0 Å². The van der Waals surface area contributed by atoms with E-state index < -0.39 is 5.91 Å². The highest BCUT2D eigenvalue weighted by Gasteiger charge is 2.10. The summed E-state index contributed by atoms with van der Waals surface area (Å²) in [4.78, 5) is 26.3. The predicted molar refractivity (Wildman–Crippen MR) is 57.5 cm³/mol. The molecule has 0 radical (unpaired) electrons. The van der Waals surface area contributed by atoms with E-state index in [0.717, 1.165) is 11.5 Å². The summed E-state index contributed by atoms with van der Waals surface area (Å²) in [6.07, 6.45) is 0. The molecule has 8 heteroatoms. The van der Waals surface area contributed by atoms with Crippen molar-refractivity contribution in [1.29, 1.82) is 0 Å². The lowest BCUT2D eigenvalue weighted by Gasteiger charge is -1.98. The first kappa shape index (κ1) is 10.4. The molecule has 2 aromatic rings. The average Bonchev–Trinajstić information content (AvgIpc) is 2.65. The number of aromatic amines is 1. The number of amides is 1. The molecule has 0 aliphatic heterocycles. The molecule has 0 aliphatic rings. The van der Waals surface area contributed by atoms with Gasteiger partial charge in [-0.25, -0.2) is 10.1 Å². The van der Waals surface area contributed by atoms with Gasteiger partial charge < -0.3 is 0 Å². The lowest BCUT2D eigenvalue weighted by Crippen LogP contribution is -2.17. The second-order valence-electron chi connectivity index (χ2n) is 2.91. The van der Waals surface area contributed by atoms with Crippen LogP contribution in [0.1, 0.15) is 16.3 Å². The number of nitrogens with one attached hydrogen (secondary N) is 2. The lowest BCUT2D eigenvalue weighted by molar-refractivity contribution is 0.102. The first-order valence-electron chi connectivity index (χ1n) is 4.32. The third-order valence-electron chi connectivity index (χ3n) is 1.66. The van der Waals surface area contributed by atoms with Crippen molar-refractivity contribution < 1.29 is 4.79 Å². The van der Waals surface area contributed by atoms with Gasteiger partial charge in [-0.05, 0) is 13.0 Å². The molecule has 0 aliphatic carbocycles. The number of rotatable bonds is 2. The van der Waals surface area contributed by atoms with Crippen LogP contribution in [-0.2, 0) is 0 Å². The minimum atomic E-state index is -0.438. The van der Waals surface area contributed by atoms with Gasteiger partial charge in [0.05, 0.1) is 0 Å². The fraction of sp³-hybridized carbons (Fsp3) is 0.125. The Kier molecular flexibility index (Phi) is 2.73. The van der Waals surface area contributed by atoms with Crippen LogP contribution in [0.25, 0.3) is 0 Å². The van der Waals surface area contributed by atoms with E-state index in [2.05, 4.69) is 24.9 Å². The number of H-pyrrole nitrogens is 1. The van der Waals surface area contributed by atoms with E-state index in [9.17, 15) is 9.59 Å². The van der Waals surface area contributed by atoms with Gasteiger partial charge in [-0.2, -0.15) is 9.47 Å². The number of anilines is 1. The molecule has 1 amide bonds. The molecule has 0 atom stereocenters. The summed E-state index contributed by atoms with van der Waals surface area (Å²) in [5.74, 6) is 0.155. The molecule has 2 N–H and O–H groups in total. The third kappa shape index (κ3) is 2.28. The zero-order valence-corrected chi connectivity index (χ0v) is 9.04. The number of aromatic nitrogens is 4. The molecule has 0 aromatic carbocycles. The summed E-state index contributed by atoms with van der Waals surface area (Å²) in [6, 6.07) is 2.56. The Morgan fingerprint density at radius 3 is 2.88 bits per heavy atom. The summed E-state index contributed by atoms with van der Waals surface area (Å²) in [6.45, 7) is 1.73. The Balaban J connectivity index is 2.14. The molecule has 0 fully saturated rings. The molecule has 2 aromatic heterocycles. The van der Waals surface area contributed by atoms with E-state index in [-0.39, 0.29) is 11.3 Å². The highest BCUT2D eigenvalue weighted by Crippen LogP contribution is 2.10. The number of hydrogen-bond donors (Lipinski definition) is 2. The van der Waals surface area contributed by atoms with Crippen LogP contribution in [0.15, 0.2) is 16.9 Å². The molecule has 0 spiro atoms. The Labute approximate surface area is 93.7 Å². The van der Waals surface area contributed by atoms with Crippen molar-refractivity contribution in [2.24, 2.45) is 0 Å². The van der Waals surface area contributed by atoms with Crippen LogP contribution in [0.4, 0.5) is 5.13 Å². The van der Waals surface area contributed by atoms with Gasteiger partial charge in [0.2, 0.25) is 5.13 Å². The number of carbonyl (C=O) groups is 1. The van der Waals surface area contributed by atoms with Crippen LogP contribution < -0.4 is 10.9 Å². The highest BCUT2D eigenvalue weighted by atomic mass is 32.1. The second-order valence-corrected chi connectivity index (χ2v) is 3.66. The van der Waals surface area contributed by atoms with Crippen molar-refractivity contribution in [3.8, 4) is 0 Å². The molecule has 0 bridgehead atoms. The number of nitrogens with zero attached hydrogens (tertiary/aromatic N) is 3. The van der Waals surface area contributed by atoms with Gasteiger partial charge in [0.25, 0.3) is 11.5 Å². The van der Waals surface area contributed by atoms with Gasteiger partial charge in [-0.1, -0.05) is 0 Å². The zero-order valence-electron chi connectivity index (χ0n) is 8.22. The molecular weight excluding hydrogens is 230 g/mol. The summed E-state index contributed by atoms with van der Waals surface area (Å²) < 4.78 is 3.92. The van der Waals surface area contributed by atoms with Crippen LogP contribution in [-0.4, -0.2) is 25.5 Å². The fourth-order valence-electron chi connectivity index (χ4n) is 0.980. The molecule has 82 valence electrons. The van der Waals surface area contributed by atoms with Gasteiger partial charge in [-0.3, -0.25) is 14.9 Å². The summed E-state index contributed by atoms with van der Waals surface area (Å²) in [5, 5.41) is 8.68. The van der Waals surface area contributed by atoms with Crippen LogP contribution >= 0.6 is 11.5 Å². The molecule has 7 nitrogen and oxygen atoms in total. The van der Waals surface area contributed by atoms with Crippen molar-refractivity contribution in [2.45, 2.75) is 6.92 Å². The smallest absolute Gasteiger partial charge is 0.277 e. The Bertz CT molecular complexity index is 555. The average molecular weight is 237 g/mol. The zero-order chi connectivity index (χ0) is 11.5. The first-order valence-corrected chi connectivity index (χ1v) is 5.10. The number of hydrogen-bond acceptors (Lipinski definition) is 6. The molecule has 2 heterocycles. The maximum Gasteiger partial charge on any atom is 0.277 e. The maximum atomic E-state index is 11.6. The van der Waals surface area contributed by atoms with Crippen molar-refractivity contribution in [2.75, 3.05) is 5.32 Å². The SMILES string of the molecule is Cc1nsc(NC(=O)c2ccc(=O)[nH]n2)n1. The minimum Gasteiger partial charge on any atom is -0.295 e. The largest absolute Gasteiger partial charge is 0.295 e. The predicted octanol–water partition coefficient (Wildman–Crippen LogP) is 0.182. The van der Waals surface area contributed by atoms with Crippen LogP contribution in [0.3, 0.4) is 0 Å². The van der Waals surface area contributed by atoms with Gasteiger partial charge in [-0.15, -0.1) is 0 Å². The van der Waals surface area contributed by atoms with Crippen molar-refractivity contribution in [1.82, 2.24) is 19.6 Å². The quantitative estimate of drug-likeness (QED) is 0.776. The topological polar surface area (TPSA) is 101 Å². The van der Waals surface area contributed by atoms with Gasteiger partial charge in [0, 0.05) is 17.6 Å². The second kappa shape index (κ2) is 4.19. The molecule has 0 saturated heterocycles. The van der Waals surface area contributed by atoms with E-state index in [1.165, 1.54) is 12.1 Å². The molecule has 0 unspecified atom stereocenters. The summed E-state index contributed by atoms with van der Waals surface area (Å²) >= 11 is 1.08. The van der Waals surface area contributed by atoms with Crippen molar-refractivity contribution in [3.05, 3.63) is 34.0 Å². The maximum absolute atomic E-state index is 11.6. The Morgan fingerprint density at radius 1 is 1.50 bits per heavy atom. The lowest BCUT2D eigenvalue weighted by atomic mass is 10.4. The Hall–Kier alpha value is -2.09. The third-order valence-corrected chi connectivity index (χ3v) is 2.38. The van der Waals surface area contributed by atoms with E-state index in [1.54, 1.807) is 6.92 Å². The van der Waals surface area contributed by atoms with E-state index >= 15 is 0 Å². The van der Waals surface area contributed by atoms with Gasteiger partial charge in [0.1, 0.15) is 11.5 Å².